The van der Waals surface area contributed by atoms with Gasteiger partial charge in [-0.2, -0.15) is 0 Å². The highest BCUT2D eigenvalue weighted by molar-refractivity contribution is 5.25. The molecule has 0 aliphatic rings. The molecular formula is C12H17NO. The maximum absolute atomic E-state index is 5.57. The summed E-state index contributed by atoms with van der Waals surface area (Å²) in [6, 6.07) is 8.34. The van der Waals surface area contributed by atoms with Gasteiger partial charge in [-0.3, -0.25) is 0 Å². The summed E-state index contributed by atoms with van der Waals surface area (Å²) < 4.78 is 5.07. The minimum absolute atomic E-state index is 0.666. The van der Waals surface area contributed by atoms with Crippen molar-refractivity contribution in [3.63, 3.8) is 0 Å². The van der Waals surface area contributed by atoms with Gasteiger partial charge in [-0.1, -0.05) is 30.3 Å². The van der Waals surface area contributed by atoms with Crippen LogP contribution in [-0.2, 0) is 17.8 Å². The van der Waals surface area contributed by atoms with E-state index in [1.165, 1.54) is 11.1 Å². The Morgan fingerprint density at radius 3 is 2.79 bits per heavy atom. The highest BCUT2D eigenvalue weighted by atomic mass is 16.5. The highest BCUT2D eigenvalue weighted by Crippen LogP contribution is 2.07. The van der Waals surface area contributed by atoms with Gasteiger partial charge in [0.05, 0.1) is 6.61 Å². The molecule has 0 fully saturated rings. The third-order valence-corrected chi connectivity index (χ3v) is 1.96. The van der Waals surface area contributed by atoms with Crippen LogP contribution in [0.1, 0.15) is 18.1 Å². The standard InChI is InChI=1S/C12H17NO/c1-10(13)6-7-11-4-3-5-12(8-11)9-14-2/h3-6,8H,7,9,13H2,1-2H3/b10-6+. The molecule has 0 aromatic heterocycles. The van der Waals surface area contributed by atoms with E-state index in [0.29, 0.717) is 6.61 Å². The monoisotopic (exact) mass is 191 g/mol. The van der Waals surface area contributed by atoms with Gasteiger partial charge in [0.2, 0.25) is 0 Å². The number of hydrogen-bond donors (Lipinski definition) is 1. The van der Waals surface area contributed by atoms with E-state index >= 15 is 0 Å². The third kappa shape index (κ3) is 3.62. The second-order valence-electron chi connectivity index (χ2n) is 3.41. The predicted octanol–water partition coefficient (Wildman–Crippen LogP) is 2.24. The van der Waals surface area contributed by atoms with Crippen LogP contribution in [0.3, 0.4) is 0 Å². The van der Waals surface area contributed by atoms with E-state index in [9.17, 15) is 0 Å². The summed E-state index contributed by atoms with van der Waals surface area (Å²) in [4.78, 5) is 0. The van der Waals surface area contributed by atoms with Crippen LogP contribution in [0.2, 0.25) is 0 Å². The van der Waals surface area contributed by atoms with Crippen molar-refractivity contribution in [3.05, 3.63) is 47.2 Å². The molecule has 14 heavy (non-hydrogen) atoms. The SMILES string of the molecule is COCc1cccc(C/C=C(\C)N)c1. The molecular weight excluding hydrogens is 174 g/mol. The molecule has 0 atom stereocenters. The maximum atomic E-state index is 5.57. The van der Waals surface area contributed by atoms with Gasteiger partial charge in [-0.25, -0.2) is 0 Å². The van der Waals surface area contributed by atoms with Crippen molar-refractivity contribution in [2.45, 2.75) is 20.0 Å². The first-order valence-corrected chi connectivity index (χ1v) is 4.71. The number of hydrogen-bond acceptors (Lipinski definition) is 2. The molecule has 2 N–H and O–H groups in total. The number of nitrogens with two attached hydrogens (primary N) is 1. The summed E-state index contributed by atoms with van der Waals surface area (Å²) in [5, 5.41) is 0. The molecule has 0 radical (unpaired) electrons. The second-order valence-corrected chi connectivity index (χ2v) is 3.41. The van der Waals surface area contributed by atoms with Gasteiger partial charge in [0.15, 0.2) is 0 Å². The van der Waals surface area contributed by atoms with Crippen LogP contribution in [0.25, 0.3) is 0 Å². The first kappa shape index (κ1) is 10.8. The Hall–Kier alpha value is -1.28. The molecule has 0 saturated heterocycles. The summed E-state index contributed by atoms with van der Waals surface area (Å²) in [5.74, 6) is 0. The zero-order valence-corrected chi connectivity index (χ0v) is 8.79. The fourth-order valence-electron chi connectivity index (χ4n) is 1.29. The Kier molecular flexibility index (Phi) is 4.20. The van der Waals surface area contributed by atoms with Gasteiger partial charge in [0, 0.05) is 12.8 Å². The molecule has 0 aliphatic carbocycles. The molecule has 0 spiro atoms. The molecule has 1 aromatic rings. The Morgan fingerprint density at radius 2 is 2.14 bits per heavy atom. The van der Waals surface area contributed by atoms with Gasteiger partial charge in [0.1, 0.15) is 0 Å². The molecule has 0 bridgehead atoms. The Balaban J connectivity index is 2.68. The lowest BCUT2D eigenvalue weighted by Gasteiger charge is -2.02. The smallest absolute Gasteiger partial charge is 0.0713 e. The van der Waals surface area contributed by atoms with Crippen molar-refractivity contribution in [2.75, 3.05) is 7.11 Å². The van der Waals surface area contributed by atoms with E-state index in [0.717, 1.165) is 12.1 Å². The average molecular weight is 191 g/mol. The number of rotatable bonds is 4. The molecule has 0 heterocycles. The van der Waals surface area contributed by atoms with Crippen LogP contribution in [0.15, 0.2) is 36.0 Å². The van der Waals surface area contributed by atoms with Crippen LogP contribution >= 0.6 is 0 Å². The number of methoxy groups -OCH3 is 1. The summed E-state index contributed by atoms with van der Waals surface area (Å²) in [7, 11) is 1.70. The van der Waals surface area contributed by atoms with Gasteiger partial charge >= 0.3 is 0 Å². The van der Waals surface area contributed by atoms with E-state index in [1.54, 1.807) is 7.11 Å². The van der Waals surface area contributed by atoms with Crippen molar-refractivity contribution in [3.8, 4) is 0 Å². The Morgan fingerprint density at radius 1 is 1.43 bits per heavy atom. The van der Waals surface area contributed by atoms with E-state index in [-0.39, 0.29) is 0 Å². The number of benzene rings is 1. The summed E-state index contributed by atoms with van der Waals surface area (Å²) in [6.07, 6.45) is 2.91. The molecule has 1 aromatic carbocycles. The van der Waals surface area contributed by atoms with Crippen LogP contribution in [0, 0.1) is 0 Å². The minimum Gasteiger partial charge on any atom is -0.403 e. The number of ether oxygens (including phenoxy) is 1. The van der Waals surface area contributed by atoms with Crippen molar-refractivity contribution in [1.82, 2.24) is 0 Å². The van der Waals surface area contributed by atoms with Crippen molar-refractivity contribution >= 4 is 0 Å². The van der Waals surface area contributed by atoms with Gasteiger partial charge in [-0.05, 0) is 24.5 Å². The van der Waals surface area contributed by atoms with Crippen molar-refractivity contribution in [1.29, 1.82) is 0 Å². The van der Waals surface area contributed by atoms with Gasteiger partial charge < -0.3 is 10.5 Å². The first-order valence-electron chi connectivity index (χ1n) is 4.71. The lowest BCUT2D eigenvalue weighted by Crippen LogP contribution is -1.93. The summed E-state index contributed by atoms with van der Waals surface area (Å²) >= 11 is 0. The largest absolute Gasteiger partial charge is 0.403 e. The first-order chi connectivity index (χ1) is 6.72. The van der Waals surface area contributed by atoms with Gasteiger partial charge in [0.25, 0.3) is 0 Å². The fraction of sp³-hybridized carbons (Fsp3) is 0.333. The van der Waals surface area contributed by atoms with Crippen LogP contribution in [0.4, 0.5) is 0 Å². The maximum Gasteiger partial charge on any atom is 0.0713 e. The quantitative estimate of drug-likeness (QED) is 0.792. The summed E-state index contributed by atoms with van der Waals surface area (Å²) in [6.45, 7) is 2.57. The lowest BCUT2D eigenvalue weighted by molar-refractivity contribution is 0.185. The zero-order chi connectivity index (χ0) is 10.4. The lowest BCUT2D eigenvalue weighted by atomic mass is 10.1. The second kappa shape index (κ2) is 5.45. The van der Waals surface area contributed by atoms with Crippen molar-refractivity contribution in [2.24, 2.45) is 5.73 Å². The topological polar surface area (TPSA) is 35.2 Å². The molecule has 2 heteroatoms. The average Bonchev–Trinajstić information content (AvgIpc) is 2.16. The Labute approximate surface area is 85.4 Å². The molecule has 76 valence electrons. The zero-order valence-electron chi connectivity index (χ0n) is 8.79. The van der Waals surface area contributed by atoms with E-state index in [4.69, 9.17) is 10.5 Å². The molecule has 2 nitrogen and oxygen atoms in total. The van der Waals surface area contributed by atoms with Crippen LogP contribution in [-0.4, -0.2) is 7.11 Å². The molecule has 0 aliphatic heterocycles. The fourth-order valence-corrected chi connectivity index (χ4v) is 1.29. The Bertz CT molecular complexity index is 314. The molecule has 0 amide bonds. The number of allylic oxidation sites excluding steroid dienone is 2. The van der Waals surface area contributed by atoms with E-state index in [1.807, 2.05) is 19.1 Å². The van der Waals surface area contributed by atoms with Gasteiger partial charge in [-0.15, -0.1) is 0 Å². The molecule has 0 saturated carbocycles. The highest BCUT2D eigenvalue weighted by Gasteiger charge is 1.94. The molecule has 0 unspecified atom stereocenters. The molecule has 1 rings (SSSR count). The van der Waals surface area contributed by atoms with E-state index < -0.39 is 0 Å². The summed E-state index contributed by atoms with van der Waals surface area (Å²) in [5.41, 5.74) is 8.91. The van der Waals surface area contributed by atoms with Crippen LogP contribution < -0.4 is 5.73 Å². The predicted molar refractivity (Wildman–Crippen MR) is 58.8 cm³/mol. The van der Waals surface area contributed by atoms with Crippen molar-refractivity contribution < 1.29 is 4.74 Å². The minimum atomic E-state index is 0.666. The third-order valence-electron chi connectivity index (χ3n) is 1.96. The van der Waals surface area contributed by atoms with E-state index in [2.05, 4.69) is 18.2 Å². The van der Waals surface area contributed by atoms with Crippen LogP contribution in [0.5, 0.6) is 0 Å². The normalized spacial score (nSPS) is 11.7.